The first-order valence-corrected chi connectivity index (χ1v) is 6.28. The Morgan fingerprint density at radius 2 is 2.50 bits per heavy atom. The van der Waals surface area contributed by atoms with Crippen molar-refractivity contribution in [3.05, 3.63) is 0 Å². The number of hydrogen-bond acceptors (Lipinski definition) is 2. The van der Waals surface area contributed by atoms with E-state index in [1.54, 1.807) is 0 Å². The molecule has 0 aromatic carbocycles. The first kappa shape index (κ1) is 9.17. The average Bonchev–Trinajstić information content (AvgIpc) is 2.76. The van der Waals surface area contributed by atoms with Gasteiger partial charge in [0, 0.05) is 17.9 Å². The number of alkyl halides is 1. The Bertz CT molecular complexity index is 151. The highest BCUT2D eigenvalue weighted by atomic mass is 35.5. The minimum atomic E-state index is 0.338. The topological polar surface area (TPSA) is 9.23 Å². The van der Waals surface area contributed by atoms with E-state index < -0.39 is 0 Å². The molecule has 0 radical (unpaired) electrons. The Morgan fingerprint density at radius 3 is 3.00 bits per heavy atom. The summed E-state index contributed by atoms with van der Waals surface area (Å²) in [6, 6.07) is 0. The van der Waals surface area contributed by atoms with E-state index >= 15 is 0 Å². The standard InChI is InChI=1S/C9H15ClOS/c10-6-9(2-3-11-7-9)8-1-4-12-5-8/h8H,1-7H2. The van der Waals surface area contributed by atoms with Crippen molar-refractivity contribution < 1.29 is 4.74 Å². The van der Waals surface area contributed by atoms with Gasteiger partial charge in [-0.25, -0.2) is 0 Å². The molecule has 2 aliphatic rings. The van der Waals surface area contributed by atoms with Crippen LogP contribution in [0.15, 0.2) is 0 Å². The lowest BCUT2D eigenvalue weighted by Crippen LogP contribution is -2.33. The average molecular weight is 207 g/mol. The molecule has 2 fully saturated rings. The van der Waals surface area contributed by atoms with Crippen molar-refractivity contribution in [1.29, 1.82) is 0 Å². The van der Waals surface area contributed by atoms with E-state index in [0.29, 0.717) is 5.41 Å². The number of hydrogen-bond donors (Lipinski definition) is 0. The smallest absolute Gasteiger partial charge is 0.0537 e. The zero-order valence-electron chi connectivity index (χ0n) is 7.22. The van der Waals surface area contributed by atoms with E-state index in [9.17, 15) is 0 Å². The van der Waals surface area contributed by atoms with Gasteiger partial charge in [0.15, 0.2) is 0 Å². The summed E-state index contributed by atoms with van der Waals surface area (Å²) in [6.07, 6.45) is 2.53. The Kier molecular flexibility index (Phi) is 2.88. The molecule has 2 saturated heterocycles. The van der Waals surface area contributed by atoms with Crippen LogP contribution in [0, 0.1) is 11.3 Å². The van der Waals surface area contributed by atoms with Crippen molar-refractivity contribution in [1.82, 2.24) is 0 Å². The van der Waals surface area contributed by atoms with Crippen molar-refractivity contribution in [2.45, 2.75) is 12.8 Å². The highest BCUT2D eigenvalue weighted by molar-refractivity contribution is 7.99. The molecule has 0 aromatic heterocycles. The van der Waals surface area contributed by atoms with Crippen molar-refractivity contribution in [2.24, 2.45) is 11.3 Å². The third-order valence-electron chi connectivity index (χ3n) is 3.20. The van der Waals surface area contributed by atoms with Crippen LogP contribution in [0.1, 0.15) is 12.8 Å². The Morgan fingerprint density at radius 1 is 1.58 bits per heavy atom. The van der Waals surface area contributed by atoms with Gasteiger partial charge in [-0.15, -0.1) is 11.6 Å². The number of ether oxygens (including phenoxy) is 1. The van der Waals surface area contributed by atoms with Crippen molar-refractivity contribution in [3.8, 4) is 0 Å². The van der Waals surface area contributed by atoms with E-state index in [1.165, 1.54) is 24.3 Å². The third-order valence-corrected chi connectivity index (χ3v) is 4.89. The Labute approximate surface area is 83.2 Å². The second-order valence-electron chi connectivity index (χ2n) is 3.86. The molecule has 0 bridgehead atoms. The maximum atomic E-state index is 6.06. The predicted octanol–water partition coefficient (Wildman–Crippen LogP) is 2.39. The van der Waals surface area contributed by atoms with E-state index in [4.69, 9.17) is 16.3 Å². The summed E-state index contributed by atoms with van der Waals surface area (Å²) < 4.78 is 5.47. The van der Waals surface area contributed by atoms with E-state index in [2.05, 4.69) is 11.8 Å². The molecular weight excluding hydrogens is 192 g/mol. The highest BCUT2D eigenvalue weighted by Crippen LogP contribution is 2.44. The highest BCUT2D eigenvalue weighted by Gasteiger charge is 2.42. The molecule has 12 heavy (non-hydrogen) atoms. The summed E-state index contributed by atoms with van der Waals surface area (Å²) in [6.45, 7) is 1.83. The van der Waals surface area contributed by atoms with Gasteiger partial charge in [0.2, 0.25) is 0 Å². The van der Waals surface area contributed by atoms with Gasteiger partial charge in [-0.05, 0) is 30.3 Å². The molecule has 0 aromatic rings. The van der Waals surface area contributed by atoms with Gasteiger partial charge < -0.3 is 4.74 Å². The maximum Gasteiger partial charge on any atom is 0.0537 e. The molecular formula is C9H15ClOS. The molecule has 0 aliphatic carbocycles. The van der Waals surface area contributed by atoms with E-state index in [1.807, 2.05) is 0 Å². The molecule has 2 heterocycles. The first-order valence-electron chi connectivity index (χ1n) is 4.59. The normalized spacial score (nSPS) is 42.2. The summed E-state index contributed by atoms with van der Waals surface area (Å²) in [5, 5.41) is 0. The lowest BCUT2D eigenvalue weighted by Gasteiger charge is -2.30. The van der Waals surface area contributed by atoms with Gasteiger partial charge in [-0.1, -0.05) is 0 Å². The zero-order valence-corrected chi connectivity index (χ0v) is 8.79. The van der Waals surface area contributed by atoms with Crippen LogP contribution in [0.5, 0.6) is 0 Å². The summed E-state index contributed by atoms with van der Waals surface area (Å²) in [5.74, 6) is 4.24. The molecule has 0 saturated carbocycles. The molecule has 2 aliphatic heterocycles. The number of thioether (sulfide) groups is 1. The van der Waals surface area contributed by atoms with E-state index in [-0.39, 0.29) is 0 Å². The van der Waals surface area contributed by atoms with Crippen LogP contribution < -0.4 is 0 Å². The number of halogens is 1. The summed E-state index contributed by atoms with van der Waals surface area (Å²) >= 11 is 8.12. The Hall–Kier alpha value is 0.600. The molecule has 0 amide bonds. The molecule has 0 N–H and O–H groups in total. The van der Waals surface area contributed by atoms with Crippen LogP contribution in [0.2, 0.25) is 0 Å². The lowest BCUT2D eigenvalue weighted by atomic mass is 9.76. The second-order valence-corrected chi connectivity index (χ2v) is 5.28. The predicted molar refractivity (Wildman–Crippen MR) is 54.0 cm³/mol. The molecule has 70 valence electrons. The van der Waals surface area contributed by atoms with Gasteiger partial charge >= 0.3 is 0 Å². The molecule has 3 heteroatoms. The van der Waals surface area contributed by atoms with E-state index in [0.717, 1.165) is 25.0 Å². The maximum absolute atomic E-state index is 6.06. The van der Waals surface area contributed by atoms with Crippen molar-refractivity contribution in [3.63, 3.8) is 0 Å². The fourth-order valence-electron chi connectivity index (χ4n) is 2.18. The summed E-state index contributed by atoms with van der Waals surface area (Å²) in [4.78, 5) is 0. The fraction of sp³-hybridized carbons (Fsp3) is 1.00. The van der Waals surface area contributed by atoms with Crippen LogP contribution >= 0.6 is 23.4 Å². The van der Waals surface area contributed by atoms with Gasteiger partial charge in [-0.2, -0.15) is 11.8 Å². The summed E-state index contributed by atoms with van der Waals surface area (Å²) in [5.41, 5.74) is 0.338. The first-order chi connectivity index (χ1) is 5.87. The molecule has 0 spiro atoms. The largest absolute Gasteiger partial charge is 0.381 e. The van der Waals surface area contributed by atoms with Crippen molar-refractivity contribution >= 4 is 23.4 Å². The van der Waals surface area contributed by atoms with Crippen LogP contribution in [-0.4, -0.2) is 30.6 Å². The third kappa shape index (κ3) is 1.49. The van der Waals surface area contributed by atoms with Crippen LogP contribution in [0.25, 0.3) is 0 Å². The molecule has 2 atom stereocenters. The van der Waals surface area contributed by atoms with Gasteiger partial charge in [0.05, 0.1) is 6.61 Å². The van der Waals surface area contributed by atoms with Gasteiger partial charge in [0.25, 0.3) is 0 Å². The SMILES string of the molecule is ClCC1(C2CCSC2)CCOC1. The molecule has 1 nitrogen and oxygen atoms in total. The molecule has 2 rings (SSSR count). The van der Waals surface area contributed by atoms with Crippen LogP contribution in [0.4, 0.5) is 0 Å². The number of rotatable bonds is 2. The van der Waals surface area contributed by atoms with Crippen molar-refractivity contribution in [2.75, 3.05) is 30.6 Å². The summed E-state index contributed by atoms with van der Waals surface area (Å²) in [7, 11) is 0. The zero-order chi connectivity index (χ0) is 8.44. The van der Waals surface area contributed by atoms with Crippen LogP contribution in [-0.2, 0) is 4.74 Å². The minimum absolute atomic E-state index is 0.338. The lowest BCUT2D eigenvalue weighted by molar-refractivity contribution is 0.131. The Balaban J connectivity index is 2.04. The monoisotopic (exact) mass is 206 g/mol. The minimum Gasteiger partial charge on any atom is -0.381 e. The van der Waals surface area contributed by atoms with Gasteiger partial charge in [-0.3, -0.25) is 0 Å². The quantitative estimate of drug-likeness (QED) is 0.642. The van der Waals surface area contributed by atoms with Crippen LogP contribution in [0.3, 0.4) is 0 Å². The molecule has 2 unspecified atom stereocenters. The van der Waals surface area contributed by atoms with Gasteiger partial charge in [0.1, 0.15) is 0 Å². The second kappa shape index (κ2) is 3.77. The fourth-order valence-corrected chi connectivity index (χ4v) is 4.03.